The average Bonchev–Trinajstić information content (AvgIpc) is 3.46. The number of hydrogen-bond acceptors (Lipinski definition) is 7. The summed E-state index contributed by atoms with van der Waals surface area (Å²) in [7, 11) is -5.75. The Hall–Kier alpha value is -1.89. The van der Waals surface area contributed by atoms with Crippen molar-refractivity contribution in [3.8, 4) is 5.75 Å². The van der Waals surface area contributed by atoms with Gasteiger partial charge in [0, 0.05) is 0 Å². The van der Waals surface area contributed by atoms with Gasteiger partial charge in [-0.05, 0) is 47.4 Å². The molecule has 1 N–H and O–H groups in total. The summed E-state index contributed by atoms with van der Waals surface area (Å²) in [6, 6.07) is 5.65. The van der Waals surface area contributed by atoms with Crippen molar-refractivity contribution in [2.24, 2.45) is 0 Å². The van der Waals surface area contributed by atoms with Crippen LogP contribution >= 0.6 is 0 Å². The van der Waals surface area contributed by atoms with Crippen molar-refractivity contribution in [3.05, 3.63) is 29.3 Å². The SMILES string of the molecule is O=C(COC1CCc2cc(OCC3CO3)ccc2C1)ONS(=O)(=O)C(F)(F)F. The van der Waals surface area contributed by atoms with Crippen molar-refractivity contribution >= 4 is 16.0 Å². The minimum atomic E-state index is -5.75. The average molecular weight is 425 g/mol. The van der Waals surface area contributed by atoms with Gasteiger partial charge in [0.2, 0.25) is 0 Å². The Kier molecular flexibility index (Phi) is 6.12. The molecule has 0 saturated carbocycles. The van der Waals surface area contributed by atoms with Crippen LogP contribution < -0.4 is 9.62 Å². The number of sulfonamides is 1. The molecular formula is C16H18F3NO7S. The molecule has 1 aromatic carbocycles. The lowest BCUT2D eigenvalue weighted by Crippen LogP contribution is -2.39. The van der Waals surface area contributed by atoms with Crippen LogP contribution in [0.3, 0.4) is 0 Å². The molecule has 2 unspecified atom stereocenters. The number of hydrogen-bond donors (Lipinski definition) is 1. The molecule has 1 fully saturated rings. The lowest BCUT2D eigenvalue weighted by atomic mass is 9.89. The van der Waals surface area contributed by atoms with Crippen LogP contribution in [0.15, 0.2) is 18.2 Å². The highest BCUT2D eigenvalue weighted by Gasteiger charge is 2.47. The zero-order valence-corrected chi connectivity index (χ0v) is 15.3. The Morgan fingerprint density at radius 2 is 2.04 bits per heavy atom. The summed E-state index contributed by atoms with van der Waals surface area (Å²) in [5.74, 6) is -0.529. The van der Waals surface area contributed by atoms with Crippen LogP contribution in [-0.4, -0.2) is 51.9 Å². The second kappa shape index (κ2) is 8.23. The van der Waals surface area contributed by atoms with Gasteiger partial charge in [0.25, 0.3) is 0 Å². The van der Waals surface area contributed by atoms with E-state index in [0.29, 0.717) is 32.5 Å². The number of aryl methyl sites for hydroxylation is 1. The number of nitrogens with one attached hydrogen (secondary N) is 1. The van der Waals surface area contributed by atoms with Crippen LogP contribution in [0.2, 0.25) is 0 Å². The van der Waals surface area contributed by atoms with E-state index in [9.17, 15) is 26.4 Å². The highest BCUT2D eigenvalue weighted by atomic mass is 32.2. The van der Waals surface area contributed by atoms with Crippen molar-refractivity contribution < 1.29 is 45.4 Å². The van der Waals surface area contributed by atoms with Crippen LogP contribution in [0.25, 0.3) is 0 Å². The molecule has 0 bridgehead atoms. The Morgan fingerprint density at radius 1 is 1.29 bits per heavy atom. The number of halogens is 3. The van der Waals surface area contributed by atoms with Gasteiger partial charge >= 0.3 is 21.5 Å². The van der Waals surface area contributed by atoms with E-state index < -0.39 is 28.1 Å². The molecule has 2 atom stereocenters. The van der Waals surface area contributed by atoms with Gasteiger partial charge in [0.15, 0.2) is 0 Å². The second-order valence-corrected chi connectivity index (χ2v) is 8.02. The van der Waals surface area contributed by atoms with E-state index in [-0.39, 0.29) is 12.2 Å². The van der Waals surface area contributed by atoms with E-state index in [1.54, 1.807) is 0 Å². The first-order chi connectivity index (χ1) is 13.1. The molecule has 156 valence electrons. The monoisotopic (exact) mass is 425 g/mol. The quantitative estimate of drug-likeness (QED) is 0.494. The minimum Gasteiger partial charge on any atom is -0.491 e. The molecule has 1 aromatic rings. The molecule has 28 heavy (non-hydrogen) atoms. The van der Waals surface area contributed by atoms with Gasteiger partial charge in [-0.1, -0.05) is 6.07 Å². The van der Waals surface area contributed by atoms with E-state index in [2.05, 4.69) is 4.84 Å². The van der Waals surface area contributed by atoms with Gasteiger partial charge in [-0.15, -0.1) is 0 Å². The van der Waals surface area contributed by atoms with Crippen molar-refractivity contribution in [2.75, 3.05) is 19.8 Å². The molecule has 0 spiro atoms. The standard InChI is InChI=1S/C16H18F3NO7S/c17-16(18,19)28(22,23)20-27-15(21)9-26-13-4-2-10-5-12(3-1-11(10)6-13)24-7-14-8-25-14/h1,3,5,13-14,20H,2,4,6-9H2. The number of rotatable bonds is 8. The summed E-state index contributed by atoms with van der Waals surface area (Å²) in [6.45, 7) is 0.539. The topological polar surface area (TPSA) is 103 Å². The third-order valence-electron chi connectivity index (χ3n) is 4.21. The van der Waals surface area contributed by atoms with E-state index in [1.165, 1.54) is 0 Å². The highest BCUT2D eigenvalue weighted by molar-refractivity contribution is 7.90. The lowest BCUT2D eigenvalue weighted by molar-refractivity contribution is -0.155. The molecule has 1 aliphatic carbocycles. The summed E-state index contributed by atoms with van der Waals surface area (Å²) in [5.41, 5.74) is -3.47. The predicted octanol–water partition coefficient (Wildman–Crippen LogP) is 1.24. The fourth-order valence-corrected chi connectivity index (χ4v) is 2.94. The van der Waals surface area contributed by atoms with Gasteiger partial charge in [-0.3, -0.25) is 0 Å². The molecular weight excluding hydrogens is 407 g/mol. The fraction of sp³-hybridized carbons (Fsp3) is 0.562. The van der Waals surface area contributed by atoms with Gasteiger partial charge in [-0.2, -0.15) is 21.6 Å². The number of alkyl halides is 3. The number of ether oxygens (including phenoxy) is 3. The molecule has 0 amide bonds. The first kappa shape index (κ1) is 20.8. The van der Waals surface area contributed by atoms with Crippen molar-refractivity contribution in [1.82, 2.24) is 4.89 Å². The summed E-state index contributed by atoms with van der Waals surface area (Å²) in [4.78, 5) is 16.1. The van der Waals surface area contributed by atoms with Gasteiger partial charge < -0.3 is 19.0 Å². The maximum Gasteiger partial charge on any atom is 0.514 e. The Morgan fingerprint density at radius 3 is 2.71 bits per heavy atom. The third kappa shape index (κ3) is 5.56. The van der Waals surface area contributed by atoms with Gasteiger partial charge in [0.05, 0.1) is 12.7 Å². The molecule has 2 aliphatic rings. The first-order valence-electron chi connectivity index (χ1n) is 8.39. The maximum atomic E-state index is 12.1. The molecule has 0 aromatic heterocycles. The van der Waals surface area contributed by atoms with E-state index in [0.717, 1.165) is 21.8 Å². The van der Waals surface area contributed by atoms with Crippen LogP contribution in [-0.2, 0) is 42.0 Å². The Bertz CT molecular complexity index is 824. The van der Waals surface area contributed by atoms with Crippen LogP contribution in [0.5, 0.6) is 5.75 Å². The molecule has 12 heteroatoms. The summed E-state index contributed by atoms with van der Waals surface area (Å²) in [6.07, 6.45) is 1.58. The molecule has 0 radical (unpaired) electrons. The van der Waals surface area contributed by atoms with Crippen molar-refractivity contribution in [1.29, 1.82) is 0 Å². The third-order valence-corrected chi connectivity index (χ3v) is 5.12. The normalized spacial score (nSPS) is 21.7. The largest absolute Gasteiger partial charge is 0.514 e. The van der Waals surface area contributed by atoms with Gasteiger partial charge in [-0.25, -0.2) is 4.79 Å². The fourth-order valence-electron chi connectivity index (χ4n) is 2.65. The van der Waals surface area contributed by atoms with Crippen LogP contribution in [0.4, 0.5) is 13.2 Å². The second-order valence-electron chi connectivity index (χ2n) is 6.38. The molecule has 3 rings (SSSR count). The number of carbonyl (C=O) groups excluding carboxylic acids is 1. The van der Waals surface area contributed by atoms with Crippen LogP contribution in [0, 0.1) is 0 Å². The van der Waals surface area contributed by atoms with Crippen molar-refractivity contribution in [2.45, 2.75) is 37.0 Å². The maximum absolute atomic E-state index is 12.1. The summed E-state index contributed by atoms with van der Waals surface area (Å²) >= 11 is 0. The highest BCUT2D eigenvalue weighted by Crippen LogP contribution is 2.27. The first-order valence-corrected chi connectivity index (χ1v) is 9.88. The van der Waals surface area contributed by atoms with Gasteiger partial charge in [0.1, 0.15) is 25.1 Å². The van der Waals surface area contributed by atoms with E-state index in [4.69, 9.17) is 14.2 Å². The number of benzene rings is 1. The number of epoxide rings is 1. The molecule has 8 nitrogen and oxygen atoms in total. The zero-order valence-electron chi connectivity index (χ0n) is 14.5. The van der Waals surface area contributed by atoms with E-state index in [1.807, 2.05) is 18.2 Å². The Balaban J connectivity index is 1.43. The number of fused-ring (bicyclic) bond motifs is 1. The van der Waals surface area contributed by atoms with E-state index >= 15 is 0 Å². The molecule has 1 aliphatic heterocycles. The predicted molar refractivity (Wildman–Crippen MR) is 87.6 cm³/mol. The minimum absolute atomic E-state index is 0.161. The smallest absolute Gasteiger partial charge is 0.491 e. The molecule has 1 saturated heterocycles. The summed E-state index contributed by atoms with van der Waals surface area (Å²) < 4.78 is 73.9. The lowest BCUT2D eigenvalue weighted by Gasteiger charge is -2.25. The van der Waals surface area contributed by atoms with Crippen molar-refractivity contribution in [3.63, 3.8) is 0 Å². The van der Waals surface area contributed by atoms with Crippen LogP contribution in [0.1, 0.15) is 17.5 Å². The number of carbonyl (C=O) groups is 1. The summed E-state index contributed by atoms with van der Waals surface area (Å²) in [5, 5.41) is 0. The molecule has 1 heterocycles. The Labute approximate surface area is 158 Å². The zero-order chi connectivity index (χ0) is 20.4.